The molecule has 0 aromatic carbocycles. The number of carbonyl (C=O) groups is 2. The van der Waals surface area contributed by atoms with Crippen LogP contribution in [0, 0.1) is 0 Å². The van der Waals surface area contributed by atoms with Crippen LogP contribution in [0.3, 0.4) is 0 Å². The van der Waals surface area contributed by atoms with Gasteiger partial charge in [-0.1, -0.05) is 6.92 Å². The van der Waals surface area contributed by atoms with Crippen LogP contribution in [0.5, 0.6) is 0 Å². The number of hydrogen-bond acceptors (Lipinski definition) is 4. The van der Waals surface area contributed by atoms with Gasteiger partial charge in [0.15, 0.2) is 11.6 Å². The van der Waals surface area contributed by atoms with E-state index in [2.05, 4.69) is 4.74 Å². The minimum Gasteiger partial charge on any atom is -0.377 e. The quantitative estimate of drug-likeness (QED) is 0.553. The van der Waals surface area contributed by atoms with Gasteiger partial charge in [-0.05, 0) is 0 Å². The molecule has 0 fully saturated rings. The number of Topliss-reactive ketones (excluding diaryl/α,β-unsaturated/α-hetero) is 2. The fourth-order valence-corrected chi connectivity index (χ4v) is 0.583. The first-order chi connectivity index (χ1) is 5.70. The molecule has 0 aromatic heterocycles. The molecule has 0 bridgehead atoms. The molecule has 0 saturated heterocycles. The summed E-state index contributed by atoms with van der Waals surface area (Å²) in [5.74, 6) is -0.151. The molecular formula is C8H14O4. The van der Waals surface area contributed by atoms with Crippen LogP contribution in [0.2, 0.25) is 0 Å². The minimum atomic E-state index is -0.151. The lowest BCUT2D eigenvalue weighted by Gasteiger charge is -2.00. The Kier molecular flexibility index (Phi) is 6.51. The summed E-state index contributed by atoms with van der Waals surface area (Å²) in [6.07, 6.45) is 0.443. The standard InChI is InChI=1S/C8H14O4/c1-3-7(9)5-12-6-8(10)4-11-2/h3-6H2,1-2H3. The van der Waals surface area contributed by atoms with E-state index < -0.39 is 0 Å². The molecule has 0 unspecified atom stereocenters. The van der Waals surface area contributed by atoms with Crippen molar-refractivity contribution >= 4 is 11.6 Å². The van der Waals surface area contributed by atoms with Crippen molar-refractivity contribution in [1.82, 2.24) is 0 Å². The van der Waals surface area contributed by atoms with Crippen LogP contribution >= 0.6 is 0 Å². The number of hydrogen-bond donors (Lipinski definition) is 0. The van der Waals surface area contributed by atoms with Crippen molar-refractivity contribution in [2.45, 2.75) is 13.3 Å². The van der Waals surface area contributed by atoms with Gasteiger partial charge in [0.05, 0.1) is 0 Å². The van der Waals surface area contributed by atoms with Crippen molar-refractivity contribution in [3.8, 4) is 0 Å². The second-order valence-electron chi connectivity index (χ2n) is 2.36. The van der Waals surface area contributed by atoms with E-state index in [0.29, 0.717) is 6.42 Å². The van der Waals surface area contributed by atoms with Crippen LogP contribution in [0.15, 0.2) is 0 Å². The summed E-state index contributed by atoms with van der Waals surface area (Å²) in [5.41, 5.74) is 0. The number of ether oxygens (including phenoxy) is 2. The van der Waals surface area contributed by atoms with Gasteiger partial charge in [-0.2, -0.15) is 0 Å². The molecule has 4 heteroatoms. The monoisotopic (exact) mass is 174 g/mol. The first-order valence-electron chi connectivity index (χ1n) is 3.80. The van der Waals surface area contributed by atoms with E-state index in [-0.39, 0.29) is 31.4 Å². The highest BCUT2D eigenvalue weighted by molar-refractivity contribution is 5.82. The van der Waals surface area contributed by atoms with Gasteiger partial charge in [0.1, 0.15) is 19.8 Å². The van der Waals surface area contributed by atoms with Gasteiger partial charge >= 0.3 is 0 Å². The van der Waals surface area contributed by atoms with E-state index in [1.165, 1.54) is 7.11 Å². The Morgan fingerprint density at radius 2 is 1.67 bits per heavy atom. The lowest BCUT2D eigenvalue weighted by molar-refractivity contribution is -0.130. The highest BCUT2D eigenvalue weighted by Crippen LogP contribution is 1.84. The summed E-state index contributed by atoms with van der Waals surface area (Å²) in [6, 6.07) is 0. The normalized spacial score (nSPS) is 9.83. The van der Waals surface area contributed by atoms with E-state index in [9.17, 15) is 9.59 Å². The lowest BCUT2D eigenvalue weighted by Crippen LogP contribution is -2.17. The molecule has 0 rings (SSSR count). The van der Waals surface area contributed by atoms with Crippen molar-refractivity contribution < 1.29 is 19.1 Å². The average Bonchev–Trinajstić information content (AvgIpc) is 2.04. The third kappa shape index (κ3) is 6.00. The van der Waals surface area contributed by atoms with E-state index in [1.54, 1.807) is 6.92 Å². The zero-order chi connectivity index (χ0) is 9.40. The summed E-state index contributed by atoms with van der Waals surface area (Å²) in [4.78, 5) is 21.4. The van der Waals surface area contributed by atoms with Crippen molar-refractivity contribution in [2.75, 3.05) is 26.9 Å². The molecule has 4 nitrogen and oxygen atoms in total. The predicted octanol–water partition coefficient (Wildman–Crippen LogP) is 0.198. The van der Waals surface area contributed by atoms with Gasteiger partial charge in [-0.25, -0.2) is 0 Å². The van der Waals surface area contributed by atoms with Crippen molar-refractivity contribution in [2.24, 2.45) is 0 Å². The Bertz CT molecular complexity index is 153. The molecule has 0 aliphatic heterocycles. The highest BCUT2D eigenvalue weighted by Gasteiger charge is 2.02. The number of methoxy groups -OCH3 is 1. The van der Waals surface area contributed by atoms with Crippen LogP contribution in [0.1, 0.15) is 13.3 Å². The minimum absolute atomic E-state index is 0.000201. The Balaban J connectivity index is 3.30. The maximum atomic E-state index is 10.8. The van der Waals surface area contributed by atoms with Crippen LogP contribution < -0.4 is 0 Å². The smallest absolute Gasteiger partial charge is 0.183 e. The second-order valence-corrected chi connectivity index (χ2v) is 2.36. The van der Waals surface area contributed by atoms with E-state index in [1.807, 2.05) is 0 Å². The molecule has 0 amide bonds. The Hall–Kier alpha value is -0.740. The average molecular weight is 174 g/mol. The SMILES string of the molecule is CCC(=O)COCC(=O)COC. The van der Waals surface area contributed by atoms with Gasteiger partial charge in [-0.15, -0.1) is 0 Å². The fourth-order valence-electron chi connectivity index (χ4n) is 0.583. The number of rotatable bonds is 7. The molecule has 0 N–H and O–H groups in total. The number of carbonyl (C=O) groups excluding carboxylic acids is 2. The summed E-state index contributed by atoms with van der Waals surface area (Å²) in [6.45, 7) is 1.77. The number of ketones is 2. The predicted molar refractivity (Wildman–Crippen MR) is 43.0 cm³/mol. The first-order valence-corrected chi connectivity index (χ1v) is 3.80. The van der Waals surface area contributed by atoms with Crippen molar-refractivity contribution in [1.29, 1.82) is 0 Å². The third-order valence-electron chi connectivity index (χ3n) is 1.23. The molecule has 0 saturated carbocycles. The maximum absolute atomic E-state index is 10.8. The van der Waals surface area contributed by atoms with Crippen LogP contribution in [0.25, 0.3) is 0 Å². The lowest BCUT2D eigenvalue weighted by atomic mass is 10.3. The summed E-state index contributed by atoms with van der Waals surface area (Å²) in [5, 5.41) is 0. The molecular weight excluding hydrogens is 160 g/mol. The Morgan fingerprint density at radius 1 is 1.08 bits per heavy atom. The molecule has 0 atom stereocenters. The first kappa shape index (κ1) is 11.3. The van der Waals surface area contributed by atoms with Crippen molar-refractivity contribution in [3.05, 3.63) is 0 Å². The largest absolute Gasteiger partial charge is 0.377 e. The molecule has 0 heterocycles. The zero-order valence-corrected chi connectivity index (χ0v) is 7.46. The molecule has 0 aliphatic carbocycles. The van der Waals surface area contributed by atoms with Gasteiger partial charge < -0.3 is 9.47 Å². The Morgan fingerprint density at radius 3 is 2.17 bits per heavy atom. The van der Waals surface area contributed by atoms with E-state index in [0.717, 1.165) is 0 Å². The fraction of sp³-hybridized carbons (Fsp3) is 0.750. The van der Waals surface area contributed by atoms with E-state index >= 15 is 0 Å². The molecule has 0 aromatic rings. The molecule has 0 aliphatic rings. The zero-order valence-electron chi connectivity index (χ0n) is 7.46. The van der Waals surface area contributed by atoms with Crippen LogP contribution in [-0.2, 0) is 19.1 Å². The third-order valence-corrected chi connectivity index (χ3v) is 1.23. The van der Waals surface area contributed by atoms with Gasteiger partial charge in [0, 0.05) is 13.5 Å². The van der Waals surface area contributed by atoms with Gasteiger partial charge in [0.2, 0.25) is 0 Å². The van der Waals surface area contributed by atoms with Gasteiger partial charge in [-0.3, -0.25) is 9.59 Å². The second kappa shape index (κ2) is 6.94. The molecule has 70 valence electrons. The summed E-state index contributed by atoms with van der Waals surface area (Å²) in [7, 11) is 1.44. The Labute approximate surface area is 71.8 Å². The molecule has 12 heavy (non-hydrogen) atoms. The summed E-state index contributed by atoms with van der Waals surface area (Å²) >= 11 is 0. The van der Waals surface area contributed by atoms with E-state index in [4.69, 9.17) is 4.74 Å². The van der Waals surface area contributed by atoms with Crippen LogP contribution in [-0.4, -0.2) is 38.5 Å². The van der Waals surface area contributed by atoms with Gasteiger partial charge in [0.25, 0.3) is 0 Å². The van der Waals surface area contributed by atoms with Crippen molar-refractivity contribution in [3.63, 3.8) is 0 Å². The molecule has 0 radical (unpaired) electrons. The highest BCUT2D eigenvalue weighted by atomic mass is 16.5. The molecule has 0 spiro atoms. The summed E-state index contributed by atoms with van der Waals surface area (Å²) < 4.78 is 9.39. The van der Waals surface area contributed by atoms with Crippen LogP contribution in [0.4, 0.5) is 0 Å². The maximum Gasteiger partial charge on any atom is 0.183 e. The topological polar surface area (TPSA) is 52.6 Å².